The standard InChI is InChI=1S/C16H26FN3O4/c17-16(14(22)23)8-10-20(11-16)13(21)7-4-9-18-15(24)19-12-5-2-1-3-6-12/h12H,1-11H2,(H,22,23)(H2,18,19,24). The first-order valence-corrected chi connectivity index (χ1v) is 8.65. The van der Waals surface area contributed by atoms with Crippen molar-refractivity contribution in [3.05, 3.63) is 0 Å². The van der Waals surface area contributed by atoms with Crippen LogP contribution in [-0.4, -0.2) is 59.3 Å². The van der Waals surface area contributed by atoms with Gasteiger partial charge in [0.25, 0.3) is 0 Å². The summed E-state index contributed by atoms with van der Waals surface area (Å²) in [7, 11) is 0. The van der Waals surface area contributed by atoms with Crippen molar-refractivity contribution >= 4 is 17.9 Å². The fourth-order valence-corrected chi connectivity index (χ4v) is 3.24. The van der Waals surface area contributed by atoms with E-state index in [1.54, 1.807) is 0 Å². The molecule has 1 saturated carbocycles. The van der Waals surface area contributed by atoms with Crippen molar-refractivity contribution in [2.45, 2.75) is 63.1 Å². The minimum absolute atomic E-state index is 0.122. The molecule has 24 heavy (non-hydrogen) atoms. The molecule has 1 aliphatic carbocycles. The van der Waals surface area contributed by atoms with Crippen LogP contribution in [0.2, 0.25) is 0 Å². The zero-order valence-corrected chi connectivity index (χ0v) is 13.9. The lowest BCUT2D eigenvalue weighted by molar-refractivity contribution is -0.150. The van der Waals surface area contributed by atoms with E-state index in [4.69, 9.17) is 5.11 Å². The van der Waals surface area contributed by atoms with Crippen molar-refractivity contribution in [1.82, 2.24) is 15.5 Å². The molecule has 2 fully saturated rings. The second kappa shape index (κ2) is 8.30. The van der Waals surface area contributed by atoms with Gasteiger partial charge in [0.2, 0.25) is 11.6 Å². The Kier molecular flexibility index (Phi) is 6.39. The molecule has 3 N–H and O–H groups in total. The van der Waals surface area contributed by atoms with Crippen molar-refractivity contribution < 1.29 is 23.9 Å². The second-order valence-electron chi connectivity index (χ2n) is 6.67. The van der Waals surface area contributed by atoms with Crippen LogP contribution < -0.4 is 10.6 Å². The molecule has 8 heteroatoms. The average Bonchev–Trinajstić information content (AvgIpc) is 2.96. The van der Waals surface area contributed by atoms with Crippen LogP contribution in [0.3, 0.4) is 0 Å². The van der Waals surface area contributed by atoms with Gasteiger partial charge in [-0.3, -0.25) is 4.79 Å². The number of likely N-dealkylation sites (tertiary alicyclic amines) is 1. The molecule has 0 spiro atoms. The summed E-state index contributed by atoms with van der Waals surface area (Å²) < 4.78 is 13.9. The molecule has 1 heterocycles. The van der Waals surface area contributed by atoms with Crippen molar-refractivity contribution in [1.29, 1.82) is 0 Å². The molecular formula is C16H26FN3O4. The monoisotopic (exact) mass is 343 g/mol. The summed E-state index contributed by atoms with van der Waals surface area (Å²) in [5.41, 5.74) is -2.33. The van der Waals surface area contributed by atoms with Crippen LogP contribution in [0.15, 0.2) is 0 Å². The van der Waals surface area contributed by atoms with Gasteiger partial charge in [-0.2, -0.15) is 0 Å². The lowest BCUT2D eigenvalue weighted by Crippen LogP contribution is -2.43. The number of urea groups is 1. The van der Waals surface area contributed by atoms with E-state index in [0.717, 1.165) is 25.7 Å². The minimum atomic E-state index is -2.33. The molecule has 0 bridgehead atoms. The van der Waals surface area contributed by atoms with Crippen LogP contribution in [0.1, 0.15) is 51.4 Å². The Hall–Kier alpha value is -1.86. The van der Waals surface area contributed by atoms with Crippen LogP contribution in [0.4, 0.5) is 9.18 Å². The predicted octanol–water partition coefficient (Wildman–Crippen LogP) is 1.42. The summed E-state index contributed by atoms with van der Waals surface area (Å²) in [5, 5.41) is 14.5. The molecule has 0 aromatic carbocycles. The number of carbonyl (C=O) groups excluding carboxylic acids is 2. The Labute approximate surface area is 141 Å². The van der Waals surface area contributed by atoms with Gasteiger partial charge in [0.05, 0.1) is 6.54 Å². The maximum absolute atomic E-state index is 13.9. The molecule has 0 radical (unpaired) electrons. The van der Waals surface area contributed by atoms with E-state index < -0.39 is 18.2 Å². The molecule has 0 aromatic rings. The van der Waals surface area contributed by atoms with Gasteiger partial charge in [-0.1, -0.05) is 19.3 Å². The number of halogens is 1. The molecule has 7 nitrogen and oxygen atoms in total. The zero-order valence-electron chi connectivity index (χ0n) is 13.9. The summed E-state index contributed by atoms with van der Waals surface area (Å²) >= 11 is 0. The number of amides is 3. The summed E-state index contributed by atoms with van der Waals surface area (Å²) in [6.07, 6.45) is 5.96. The first-order chi connectivity index (χ1) is 11.4. The molecule has 1 unspecified atom stereocenters. The van der Waals surface area contributed by atoms with E-state index in [1.165, 1.54) is 11.3 Å². The molecule has 0 aromatic heterocycles. The number of carboxylic acid groups (broad SMARTS) is 1. The predicted molar refractivity (Wildman–Crippen MR) is 85.3 cm³/mol. The smallest absolute Gasteiger partial charge is 0.343 e. The fourth-order valence-electron chi connectivity index (χ4n) is 3.24. The Morgan fingerprint density at radius 3 is 2.54 bits per heavy atom. The largest absolute Gasteiger partial charge is 0.479 e. The van der Waals surface area contributed by atoms with Gasteiger partial charge in [0.1, 0.15) is 0 Å². The third kappa shape index (κ3) is 5.07. The highest BCUT2D eigenvalue weighted by Gasteiger charge is 2.46. The first-order valence-electron chi connectivity index (χ1n) is 8.65. The Bertz CT molecular complexity index is 482. The molecule has 2 rings (SSSR count). The summed E-state index contributed by atoms with van der Waals surface area (Å²) in [4.78, 5) is 35.8. The number of carbonyl (C=O) groups is 3. The van der Waals surface area contributed by atoms with Gasteiger partial charge in [0, 0.05) is 32.0 Å². The lowest BCUT2D eigenvalue weighted by atomic mass is 9.96. The quantitative estimate of drug-likeness (QED) is 0.635. The third-order valence-electron chi connectivity index (χ3n) is 4.75. The summed E-state index contributed by atoms with van der Waals surface area (Å²) in [6.45, 7) is 0.0891. The van der Waals surface area contributed by atoms with Crippen LogP contribution in [0.25, 0.3) is 0 Å². The lowest BCUT2D eigenvalue weighted by Gasteiger charge is -2.23. The number of alkyl halides is 1. The molecular weight excluding hydrogens is 317 g/mol. The maximum Gasteiger partial charge on any atom is 0.343 e. The summed E-state index contributed by atoms with van der Waals surface area (Å²) in [6, 6.07) is 0.0165. The van der Waals surface area contributed by atoms with Crippen LogP contribution in [0.5, 0.6) is 0 Å². The Balaban J connectivity index is 1.59. The van der Waals surface area contributed by atoms with Crippen LogP contribution >= 0.6 is 0 Å². The third-order valence-corrected chi connectivity index (χ3v) is 4.75. The Morgan fingerprint density at radius 2 is 1.92 bits per heavy atom. The van der Waals surface area contributed by atoms with Crippen LogP contribution in [-0.2, 0) is 9.59 Å². The normalized spacial score (nSPS) is 24.6. The SMILES string of the molecule is O=C(NCCCC(=O)N1CCC(F)(C(=O)O)C1)NC1CCCCC1. The molecule has 136 valence electrons. The van der Waals surface area contributed by atoms with E-state index in [0.29, 0.717) is 13.0 Å². The van der Waals surface area contributed by atoms with Gasteiger partial charge in [-0.15, -0.1) is 0 Å². The van der Waals surface area contributed by atoms with Crippen molar-refractivity contribution in [3.8, 4) is 0 Å². The van der Waals surface area contributed by atoms with Crippen LogP contribution in [0, 0.1) is 0 Å². The average molecular weight is 343 g/mol. The number of carboxylic acids is 1. The number of hydrogen-bond donors (Lipinski definition) is 3. The van der Waals surface area contributed by atoms with E-state index in [2.05, 4.69) is 10.6 Å². The topological polar surface area (TPSA) is 98.7 Å². The van der Waals surface area contributed by atoms with E-state index in [-0.39, 0.29) is 37.4 Å². The molecule has 1 saturated heterocycles. The number of aliphatic carboxylic acids is 1. The first kappa shape index (κ1) is 18.5. The van der Waals surface area contributed by atoms with Crippen molar-refractivity contribution in [2.24, 2.45) is 0 Å². The van der Waals surface area contributed by atoms with E-state index in [1.807, 2.05) is 0 Å². The van der Waals surface area contributed by atoms with Gasteiger partial charge in [-0.25, -0.2) is 14.0 Å². The minimum Gasteiger partial charge on any atom is -0.479 e. The highest BCUT2D eigenvalue weighted by molar-refractivity contribution is 5.82. The highest BCUT2D eigenvalue weighted by atomic mass is 19.1. The number of nitrogens with zero attached hydrogens (tertiary/aromatic N) is 1. The van der Waals surface area contributed by atoms with Crippen molar-refractivity contribution in [2.75, 3.05) is 19.6 Å². The maximum atomic E-state index is 13.9. The van der Waals surface area contributed by atoms with Crippen molar-refractivity contribution in [3.63, 3.8) is 0 Å². The number of nitrogens with one attached hydrogen (secondary N) is 2. The summed E-state index contributed by atoms with van der Waals surface area (Å²) in [5.74, 6) is -1.79. The van der Waals surface area contributed by atoms with Gasteiger partial charge in [0.15, 0.2) is 0 Å². The second-order valence-corrected chi connectivity index (χ2v) is 6.67. The fraction of sp³-hybridized carbons (Fsp3) is 0.812. The van der Waals surface area contributed by atoms with Gasteiger partial charge >= 0.3 is 12.0 Å². The van der Waals surface area contributed by atoms with Gasteiger partial charge in [-0.05, 0) is 19.3 Å². The van der Waals surface area contributed by atoms with E-state index in [9.17, 15) is 18.8 Å². The molecule has 1 aliphatic heterocycles. The highest BCUT2D eigenvalue weighted by Crippen LogP contribution is 2.26. The van der Waals surface area contributed by atoms with Gasteiger partial charge < -0.3 is 20.6 Å². The van der Waals surface area contributed by atoms with E-state index >= 15 is 0 Å². The molecule has 3 amide bonds. The number of hydrogen-bond acceptors (Lipinski definition) is 3. The number of rotatable bonds is 6. The zero-order chi connectivity index (χ0) is 17.6. The Morgan fingerprint density at radius 1 is 1.21 bits per heavy atom. The molecule has 1 atom stereocenters. The molecule has 2 aliphatic rings.